The average Bonchev–Trinajstić information content (AvgIpc) is 3.60. The molecule has 2 aromatic carbocycles. The molecule has 4 aromatic rings. The van der Waals surface area contributed by atoms with Crippen LogP contribution in [0.3, 0.4) is 0 Å². The lowest BCUT2D eigenvalue weighted by Crippen LogP contribution is -2.40. The number of allylic oxidation sites excluding steroid dienone is 1. The van der Waals surface area contributed by atoms with Crippen molar-refractivity contribution in [3.05, 3.63) is 102 Å². The van der Waals surface area contributed by atoms with Gasteiger partial charge in [-0.2, -0.15) is 0 Å². The highest BCUT2D eigenvalue weighted by Gasteiger charge is 2.35. The fourth-order valence-electron chi connectivity index (χ4n) is 4.83. The Kier molecular flexibility index (Phi) is 8.63. The fraction of sp³-hybridized carbons (Fsp3) is 0.250. The van der Waals surface area contributed by atoms with Crippen LogP contribution in [-0.2, 0) is 14.3 Å². The van der Waals surface area contributed by atoms with Crippen molar-refractivity contribution in [2.45, 2.75) is 26.8 Å². The van der Waals surface area contributed by atoms with Crippen molar-refractivity contribution in [3.8, 4) is 22.8 Å². The number of fused-ring (bicyclic) bond motifs is 1. The first-order valence-electron chi connectivity index (χ1n) is 13.6. The van der Waals surface area contributed by atoms with E-state index in [0.717, 1.165) is 5.56 Å². The number of thiazole rings is 1. The van der Waals surface area contributed by atoms with E-state index < -0.39 is 18.0 Å². The first-order chi connectivity index (χ1) is 20.8. The molecule has 0 fully saturated rings. The van der Waals surface area contributed by atoms with Crippen LogP contribution in [0.15, 0.2) is 80.1 Å². The van der Waals surface area contributed by atoms with Crippen molar-refractivity contribution in [2.75, 3.05) is 27.4 Å². The maximum absolute atomic E-state index is 13.9. The number of aromatic nitrogens is 1. The molecule has 222 valence electrons. The lowest BCUT2D eigenvalue weighted by molar-refractivity contribution is -0.139. The zero-order valence-electron chi connectivity index (χ0n) is 24.3. The van der Waals surface area contributed by atoms with Gasteiger partial charge in [0.2, 0.25) is 0 Å². The van der Waals surface area contributed by atoms with Crippen LogP contribution in [0.25, 0.3) is 17.4 Å². The molecule has 0 aliphatic carbocycles. The Morgan fingerprint density at radius 3 is 2.37 bits per heavy atom. The van der Waals surface area contributed by atoms with Crippen molar-refractivity contribution >= 4 is 29.4 Å². The van der Waals surface area contributed by atoms with Gasteiger partial charge in [0.1, 0.15) is 29.1 Å². The van der Waals surface area contributed by atoms with Gasteiger partial charge in [-0.25, -0.2) is 14.6 Å². The van der Waals surface area contributed by atoms with Gasteiger partial charge in [-0.1, -0.05) is 23.5 Å². The lowest BCUT2D eigenvalue weighted by atomic mass is 9.95. The monoisotopic (exact) mass is 602 g/mol. The van der Waals surface area contributed by atoms with Crippen LogP contribution >= 0.6 is 11.3 Å². The molecule has 0 unspecified atom stereocenters. The van der Waals surface area contributed by atoms with Crippen molar-refractivity contribution < 1.29 is 33.0 Å². The maximum Gasteiger partial charge on any atom is 0.338 e. The van der Waals surface area contributed by atoms with Gasteiger partial charge in [-0.05, 0) is 57.2 Å². The Balaban J connectivity index is 1.58. The van der Waals surface area contributed by atoms with E-state index in [0.29, 0.717) is 55.8 Å². The summed E-state index contributed by atoms with van der Waals surface area (Å²) in [5.41, 5.74) is 2.13. The molecule has 5 rings (SSSR count). The van der Waals surface area contributed by atoms with Gasteiger partial charge in [0.05, 0.1) is 48.8 Å². The fourth-order valence-corrected chi connectivity index (χ4v) is 5.86. The number of methoxy groups -OCH3 is 2. The van der Waals surface area contributed by atoms with Crippen LogP contribution < -0.4 is 24.4 Å². The first-order valence-corrected chi connectivity index (χ1v) is 14.4. The predicted octanol–water partition coefficient (Wildman–Crippen LogP) is 4.25. The second-order valence-electron chi connectivity index (χ2n) is 9.41. The molecule has 0 amide bonds. The molecule has 1 aliphatic rings. The summed E-state index contributed by atoms with van der Waals surface area (Å²) in [5.74, 6) is 1.07. The van der Waals surface area contributed by atoms with Crippen molar-refractivity contribution in [2.24, 2.45) is 4.99 Å². The molecule has 0 radical (unpaired) electrons. The van der Waals surface area contributed by atoms with Crippen LogP contribution in [0.5, 0.6) is 11.5 Å². The van der Waals surface area contributed by atoms with Gasteiger partial charge in [-0.15, -0.1) is 0 Å². The maximum atomic E-state index is 13.9. The molecule has 3 heterocycles. The second-order valence-corrected chi connectivity index (χ2v) is 10.4. The number of esters is 2. The van der Waals surface area contributed by atoms with E-state index in [2.05, 4.69) is 4.99 Å². The van der Waals surface area contributed by atoms with Gasteiger partial charge in [0.15, 0.2) is 4.80 Å². The number of benzene rings is 2. The smallest absolute Gasteiger partial charge is 0.338 e. The summed E-state index contributed by atoms with van der Waals surface area (Å²) in [4.78, 5) is 44.2. The summed E-state index contributed by atoms with van der Waals surface area (Å²) >= 11 is 1.19. The molecule has 0 spiro atoms. The largest absolute Gasteiger partial charge is 0.497 e. The van der Waals surface area contributed by atoms with Crippen LogP contribution in [0, 0.1) is 0 Å². The number of hydrogen-bond donors (Lipinski definition) is 0. The van der Waals surface area contributed by atoms with E-state index in [9.17, 15) is 14.4 Å². The third-order valence-corrected chi connectivity index (χ3v) is 7.82. The van der Waals surface area contributed by atoms with E-state index in [-0.39, 0.29) is 17.7 Å². The highest BCUT2D eigenvalue weighted by atomic mass is 32.1. The SMILES string of the molecule is CCOC(=O)C1=C(C)N=c2s/c(=C\c3ccc(-c4ccc(C(=O)OCC)cc4)o3)c(=O)n2[C@H]1c1ccc(OC)cc1OC. The summed E-state index contributed by atoms with van der Waals surface area (Å²) in [7, 11) is 3.06. The third-order valence-electron chi connectivity index (χ3n) is 6.83. The normalized spacial score (nSPS) is 14.6. The summed E-state index contributed by atoms with van der Waals surface area (Å²) in [6, 6.07) is 14.8. The quantitative estimate of drug-likeness (QED) is 0.261. The minimum Gasteiger partial charge on any atom is -0.497 e. The minimum absolute atomic E-state index is 0.166. The number of rotatable bonds is 9. The molecule has 0 saturated heterocycles. The van der Waals surface area contributed by atoms with E-state index in [1.165, 1.54) is 23.0 Å². The number of carbonyl (C=O) groups is 2. The first kappa shape index (κ1) is 29.6. The van der Waals surface area contributed by atoms with E-state index in [4.69, 9.17) is 23.4 Å². The van der Waals surface area contributed by atoms with Crippen LogP contribution in [0.2, 0.25) is 0 Å². The molecule has 10 nitrogen and oxygen atoms in total. The summed E-state index contributed by atoms with van der Waals surface area (Å²) in [5, 5.41) is 0. The lowest BCUT2D eigenvalue weighted by Gasteiger charge is -2.26. The molecule has 2 aromatic heterocycles. The molecule has 43 heavy (non-hydrogen) atoms. The summed E-state index contributed by atoms with van der Waals surface area (Å²) in [6.07, 6.45) is 1.64. The topological polar surface area (TPSA) is 119 Å². The molecule has 11 heteroatoms. The van der Waals surface area contributed by atoms with Crippen molar-refractivity contribution in [3.63, 3.8) is 0 Å². The highest BCUT2D eigenvalue weighted by molar-refractivity contribution is 7.07. The number of carbonyl (C=O) groups excluding carboxylic acids is 2. The Hall–Kier alpha value is -4.90. The van der Waals surface area contributed by atoms with E-state index in [1.807, 2.05) is 0 Å². The van der Waals surface area contributed by atoms with Gasteiger partial charge >= 0.3 is 11.9 Å². The summed E-state index contributed by atoms with van der Waals surface area (Å²) in [6.45, 7) is 5.66. The number of furan rings is 1. The Bertz CT molecular complexity index is 1900. The van der Waals surface area contributed by atoms with E-state index >= 15 is 0 Å². The third kappa shape index (κ3) is 5.76. The van der Waals surface area contributed by atoms with Crippen LogP contribution in [-0.4, -0.2) is 43.9 Å². The molecular formula is C32H30N2O8S. The van der Waals surface area contributed by atoms with Crippen LogP contribution in [0.1, 0.15) is 48.5 Å². The molecule has 0 N–H and O–H groups in total. The predicted molar refractivity (Wildman–Crippen MR) is 160 cm³/mol. The van der Waals surface area contributed by atoms with Gasteiger partial charge in [0.25, 0.3) is 5.56 Å². The molecular weight excluding hydrogens is 572 g/mol. The number of ether oxygens (including phenoxy) is 4. The molecule has 1 atom stereocenters. The van der Waals surface area contributed by atoms with Crippen molar-refractivity contribution in [1.29, 1.82) is 0 Å². The zero-order valence-corrected chi connectivity index (χ0v) is 25.2. The highest BCUT2D eigenvalue weighted by Crippen LogP contribution is 2.37. The number of nitrogens with zero attached hydrogens (tertiary/aromatic N) is 2. The van der Waals surface area contributed by atoms with Gasteiger partial charge in [-0.3, -0.25) is 9.36 Å². The van der Waals surface area contributed by atoms with E-state index in [1.54, 1.807) is 88.6 Å². The van der Waals surface area contributed by atoms with Gasteiger partial charge < -0.3 is 23.4 Å². The Morgan fingerprint density at radius 2 is 1.70 bits per heavy atom. The Labute approximate surface area is 251 Å². The minimum atomic E-state index is -0.844. The van der Waals surface area contributed by atoms with Gasteiger partial charge in [0, 0.05) is 23.3 Å². The Morgan fingerprint density at radius 1 is 0.977 bits per heavy atom. The number of hydrogen-bond acceptors (Lipinski definition) is 10. The second kappa shape index (κ2) is 12.5. The molecule has 0 saturated carbocycles. The molecule has 0 bridgehead atoms. The summed E-state index contributed by atoms with van der Waals surface area (Å²) < 4.78 is 29.3. The molecule has 1 aliphatic heterocycles. The van der Waals surface area contributed by atoms with Crippen LogP contribution in [0.4, 0.5) is 0 Å². The average molecular weight is 603 g/mol. The van der Waals surface area contributed by atoms with Crippen molar-refractivity contribution in [1.82, 2.24) is 4.57 Å². The zero-order chi connectivity index (χ0) is 30.7. The standard InChI is InChI=1S/C32H30N2O8S/c1-6-40-30(36)20-10-8-19(9-11-20)24-15-13-22(42-24)17-26-29(35)34-28(23-14-12-21(38-4)16-25(23)39-5)27(31(37)41-7-2)18(3)33-32(34)43-26/h8-17,28H,6-7H2,1-5H3/b26-17-/t28-/m0/s1.